The van der Waals surface area contributed by atoms with Crippen LogP contribution in [0.1, 0.15) is 13.3 Å². The summed E-state index contributed by atoms with van der Waals surface area (Å²) in [5, 5.41) is 22.4. The van der Waals surface area contributed by atoms with Crippen molar-refractivity contribution in [1.29, 1.82) is 5.41 Å². The van der Waals surface area contributed by atoms with Gasteiger partial charge in [-0.15, -0.1) is 0 Å². The first-order valence-electron chi connectivity index (χ1n) is 4.76. The summed E-state index contributed by atoms with van der Waals surface area (Å²) < 4.78 is 26.2. The van der Waals surface area contributed by atoms with Crippen LogP contribution in [-0.4, -0.2) is 45.9 Å². The van der Waals surface area contributed by atoms with Gasteiger partial charge in [-0.1, -0.05) is 11.8 Å². The maximum Gasteiger partial charge on any atom is 0.341 e. The molecule has 0 aromatic carbocycles. The number of aliphatic hydroxyl groups is 2. The molecule has 0 amide bonds. The number of rotatable bonds is 7. The molecule has 0 aliphatic carbocycles. The quantitative estimate of drug-likeness (QED) is 0.227. The van der Waals surface area contributed by atoms with Gasteiger partial charge in [-0.2, -0.15) is 8.78 Å². The van der Waals surface area contributed by atoms with Gasteiger partial charge in [-0.3, -0.25) is 10.7 Å². The van der Waals surface area contributed by atoms with Gasteiger partial charge in [0.2, 0.25) is 0 Å². The molecule has 0 aromatic heterocycles. The van der Waals surface area contributed by atoms with Gasteiger partial charge in [-0.05, 0) is 6.42 Å². The molecule has 0 heterocycles. The van der Waals surface area contributed by atoms with Crippen LogP contribution in [0.4, 0.5) is 8.78 Å². The smallest absolute Gasteiger partial charge is 0.341 e. The van der Waals surface area contributed by atoms with Crippen LogP contribution in [-0.2, 0) is 0 Å². The third kappa shape index (κ3) is 7.94. The molecule has 0 aromatic rings. The second kappa shape index (κ2) is 7.13. The lowest BCUT2D eigenvalue weighted by Gasteiger charge is -2.16. The Labute approximate surface area is 96.9 Å². The number of aliphatic hydroxyl groups excluding tert-OH is 1. The number of halogens is 2. The Morgan fingerprint density at radius 1 is 1.56 bits per heavy atom. The van der Waals surface area contributed by atoms with E-state index in [1.54, 1.807) is 0 Å². The molecule has 0 aliphatic rings. The molecule has 0 saturated carbocycles. The van der Waals surface area contributed by atoms with Gasteiger partial charge in [0.15, 0.2) is 18.7 Å². The molecule has 0 spiro atoms. The molecule has 16 heavy (non-hydrogen) atoms. The van der Waals surface area contributed by atoms with E-state index in [9.17, 15) is 8.78 Å². The lowest BCUT2D eigenvalue weighted by Crippen LogP contribution is -2.89. The van der Waals surface area contributed by atoms with Gasteiger partial charge < -0.3 is 15.9 Å². The molecule has 0 radical (unpaired) electrons. The van der Waals surface area contributed by atoms with E-state index < -0.39 is 24.1 Å². The van der Waals surface area contributed by atoms with E-state index in [1.165, 1.54) is 6.92 Å². The van der Waals surface area contributed by atoms with Crippen LogP contribution in [0, 0.1) is 5.41 Å². The highest BCUT2D eigenvalue weighted by molar-refractivity contribution is 8.00. The van der Waals surface area contributed by atoms with E-state index >= 15 is 0 Å². The molecule has 0 bridgehead atoms. The number of hydrogen-bond acceptors (Lipinski definition) is 5. The normalized spacial score (nSPS) is 14.2. The second-order valence-electron chi connectivity index (χ2n) is 3.44. The highest BCUT2D eigenvalue weighted by atomic mass is 32.2. The van der Waals surface area contributed by atoms with Crippen LogP contribution < -0.4 is 11.1 Å². The molecular weight excluding hydrogens is 240 g/mol. The Morgan fingerprint density at radius 3 is 2.56 bits per heavy atom. The third-order valence-corrected chi connectivity index (χ3v) is 2.82. The molecule has 5 nitrogen and oxygen atoms in total. The number of hydrogen-bond donors (Lipinski definition) is 5. The molecule has 7 N–H and O–H groups in total. The van der Waals surface area contributed by atoms with Crippen molar-refractivity contribution in [3.8, 4) is 0 Å². The van der Waals surface area contributed by atoms with Crippen molar-refractivity contribution in [3.05, 3.63) is 0 Å². The van der Waals surface area contributed by atoms with Gasteiger partial charge in [0.1, 0.15) is 0 Å². The first-order valence-corrected chi connectivity index (χ1v) is 5.75. The minimum absolute atomic E-state index is 0.0384. The average molecular weight is 258 g/mol. The summed E-state index contributed by atoms with van der Waals surface area (Å²) in [6.45, 7) is 0.933. The third-order valence-electron chi connectivity index (χ3n) is 1.79. The van der Waals surface area contributed by atoms with Gasteiger partial charge in [-0.25, -0.2) is 0 Å². The Balaban J connectivity index is 3.77. The lowest BCUT2D eigenvalue weighted by atomic mass is 10.2. The number of amidine groups is 1. The number of nitrogens with two attached hydrogens (primary N) is 2. The van der Waals surface area contributed by atoms with Crippen molar-refractivity contribution in [1.82, 2.24) is 0 Å². The molecule has 0 rings (SSSR count). The fourth-order valence-corrected chi connectivity index (χ4v) is 1.71. The van der Waals surface area contributed by atoms with Crippen molar-refractivity contribution in [2.45, 2.75) is 30.9 Å². The van der Waals surface area contributed by atoms with E-state index in [-0.39, 0.29) is 18.0 Å². The van der Waals surface area contributed by atoms with E-state index in [0.717, 1.165) is 5.32 Å². The van der Waals surface area contributed by atoms with E-state index in [2.05, 4.69) is 0 Å². The summed E-state index contributed by atoms with van der Waals surface area (Å²) in [6.07, 6.45) is -1.58. The van der Waals surface area contributed by atoms with Crippen LogP contribution in [0.3, 0.4) is 0 Å². The Hall–Kier alpha value is -0.280. The maximum absolute atomic E-state index is 13.1. The summed E-state index contributed by atoms with van der Waals surface area (Å²) >= 11 is 0.403. The van der Waals surface area contributed by atoms with Gasteiger partial charge in [0, 0.05) is 12.7 Å². The van der Waals surface area contributed by atoms with Crippen LogP contribution in [0.25, 0.3) is 0 Å². The first kappa shape index (κ1) is 15.7. The summed E-state index contributed by atoms with van der Waals surface area (Å²) in [4.78, 5) is 0. The minimum atomic E-state index is -2.94. The molecule has 96 valence electrons. The highest BCUT2D eigenvalue weighted by Gasteiger charge is 2.32. The first-order chi connectivity index (χ1) is 7.24. The van der Waals surface area contributed by atoms with Crippen LogP contribution in [0.2, 0.25) is 0 Å². The highest BCUT2D eigenvalue weighted by Crippen LogP contribution is 2.27. The molecule has 1 atom stereocenters. The van der Waals surface area contributed by atoms with Crippen molar-refractivity contribution in [2.75, 3.05) is 12.3 Å². The molecule has 1 unspecified atom stereocenters. The minimum Gasteiger partial charge on any atom is -0.367 e. The Bertz CT molecular complexity index is 229. The zero-order chi connectivity index (χ0) is 12.8. The average Bonchev–Trinajstić information content (AvgIpc) is 2.14. The monoisotopic (exact) mass is 258 g/mol. The van der Waals surface area contributed by atoms with E-state index in [0.29, 0.717) is 11.8 Å². The standard InChI is InChI=1S/C8H17F2N3O2S/c1-5(11)13-4-8(9,10)16-3-2-6(12)7(14)15/h6-7,14-15H,2-4,12H2,1H3,(H2,11,13)/p+1. The van der Waals surface area contributed by atoms with Gasteiger partial charge >= 0.3 is 5.25 Å². The maximum atomic E-state index is 13.1. The molecular formula is C8H18F2N3O2S+. The van der Waals surface area contributed by atoms with Crippen molar-refractivity contribution in [2.24, 2.45) is 5.73 Å². The van der Waals surface area contributed by atoms with Crippen molar-refractivity contribution >= 4 is 17.6 Å². The largest absolute Gasteiger partial charge is 0.367 e. The van der Waals surface area contributed by atoms with Crippen LogP contribution in [0.5, 0.6) is 0 Å². The summed E-state index contributed by atoms with van der Waals surface area (Å²) in [5.41, 5.74) is 5.27. The van der Waals surface area contributed by atoms with Crippen molar-refractivity contribution in [3.63, 3.8) is 0 Å². The van der Waals surface area contributed by atoms with Gasteiger partial charge in [0.05, 0.1) is 6.04 Å². The van der Waals surface area contributed by atoms with Crippen LogP contribution >= 0.6 is 11.8 Å². The number of thioether (sulfide) groups is 1. The zero-order valence-corrected chi connectivity index (χ0v) is 9.81. The van der Waals surface area contributed by atoms with Crippen molar-refractivity contribution < 1.29 is 24.3 Å². The predicted octanol–water partition coefficient (Wildman–Crippen LogP) is -1.10. The second-order valence-corrected chi connectivity index (χ2v) is 4.74. The molecule has 0 fully saturated rings. The fourth-order valence-electron chi connectivity index (χ4n) is 0.824. The summed E-state index contributed by atoms with van der Waals surface area (Å²) in [7, 11) is 0. The molecule has 0 saturated heterocycles. The molecule has 0 aliphatic heterocycles. The Kier molecular flexibility index (Phi) is 7.00. The SMILES string of the molecule is CC(=N)[NH2+]CC(F)(F)SCCC(N)C(O)O. The van der Waals surface area contributed by atoms with Crippen LogP contribution in [0.15, 0.2) is 0 Å². The zero-order valence-electron chi connectivity index (χ0n) is 8.99. The van der Waals surface area contributed by atoms with E-state index in [1.807, 2.05) is 0 Å². The number of nitrogens with one attached hydrogen (secondary N) is 1. The lowest BCUT2D eigenvalue weighted by molar-refractivity contribution is -0.556. The predicted molar refractivity (Wildman–Crippen MR) is 58.4 cm³/mol. The topological polar surface area (TPSA) is 107 Å². The summed E-state index contributed by atoms with van der Waals surface area (Å²) in [6, 6.07) is -0.906. The fraction of sp³-hybridized carbons (Fsp3) is 0.875. The Morgan fingerprint density at radius 2 is 2.12 bits per heavy atom. The molecule has 8 heteroatoms. The number of quaternary nitrogens is 1. The number of alkyl halides is 2. The summed E-state index contributed by atoms with van der Waals surface area (Å²) in [5.74, 6) is 0.138. The van der Waals surface area contributed by atoms with E-state index in [4.69, 9.17) is 21.4 Å². The van der Waals surface area contributed by atoms with Gasteiger partial charge in [0.25, 0.3) is 0 Å².